The van der Waals surface area contributed by atoms with Gasteiger partial charge in [-0.15, -0.1) is 0 Å². The highest BCUT2D eigenvalue weighted by atomic mass is 19.1. The molecule has 0 aromatic heterocycles. The van der Waals surface area contributed by atoms with Crippen molar-refractivity contribution in [3.05, 3.63) is 39.7 Å². The Hall–Kier alpha value is -2.49. The van der Waals surface area contributed by atoms with E-state index in [2.05, 4.69) is 6.07 Å². The Labute approximate surface area is 120 Å². The lowest BCUT2D eigenvalue weighted by atomic mass is 9.82. The summed E-state index contributed by atoms with van der Waals surface area (Å²) in [6.45, 7) is 2.50. The molecule has 1 aliphatic rings. The smallest absolute Gasteiger partial charge is 0.270 e. The van der Waals surface area contributed by atoms with Gasteiger partial charge in [0.25, 0.3) is 11.6 Å². The molecule has 0 bridgehead atoms. The van der Waals surface area contributed by atoms with E-state index >= 15 is 0 Å². The first kappa shape index (κ1) is 14.9. The van der Waals surface area contributed by atoms with Gasteiger partial charge in [0.15, 0.2) is 0 Å². The topological polar surface area (TPSA) is 87.2 Å². The van der Waals surface area contributed by atoms with Gasteiger partial charge in [-0.05, 0) is 25.8 Å². The Bertz CT molecular complexity index is 631. The number of nitrogens with zero attached hydrogens (tertiary/aromatic N) is 3. The van der Waals surface area contributed by atoms with E-state index in [1.54, 1.807) is 0 Å². The maximum Gasteiger partial charge on any atom is 0.270 e. The second kappa shape index (κ2) is 5.48. The number of amides is 1. The van der Waals surface area contributed by atoms with Crippen LogP contribution in [0.4, 0.5) is 10.1 Å². The molecule has 0 radical (unpaired) electrons. The van der Waals surface area contributed by atoms with Gasteiger partial charge in [-0.2, -0.15) is 5.26 Å². The Morgan fingerprint density at radius 2 is 2.10 bits per heavy atom. The van der Waals surface area contributed by atoms with Crippen LogP contribution in [0.1, 0.15) is 30.1 Å². The van der Waals surface area contributed by atoms with Gasteiger partial charge in [0, 0.05) is 25.2 Å². The number of benzene rings is 1. The van der Waals surface area contributed by atoms with Crippen LogP contribution in [0, 0.1) is 32.7 Å². The van der Waals surface area contributed by atoms with Gasteiger partial charge < -0.3 is 4.90 Å². The Morgan fingerprint density at radius 3 is 2.62 bits per heavy atom. The van der Waals surface area contributed by atoms with E-state index in [4.69, 9.17) is 5.26 Å². The van der Waals surface area contributed by atoms with Gasteiger partial charge in [0.2, 0.25) is 0 Å². The third-order valence-electron chi connectivity index (χ3n) is 3.82. The van der Waals surface area contributed by atoms with Gasteiger partial charge in [-0.3, -0.25) is 14.9 Å². The molecule has 0 aliphatic carbocycles. The average molecular weight is 291 g/mol. The number of likely N-dealkylation sites (tertiary alicyclic amines) is 1. The number of nitro groups is 1. The zero-order valence-corrected chi connectivity index (χ0v) is 11.5. The molecule has 21 heavy (non-hydrogen) atoms. The number of hydrogen-bond acceptors (Lipinski definition) is 4. The molecule has 1 amide bonds. The molecule has 110 valence electrons. The fraction of sp³-hybridized carbons (Fsp3) is 0.429. The van der Waals surface area contributed by atoms with Crippen LogP contribution >= 0.6 is 0 Å². The van der Waals surface area contributed by atoms with Crippen LogP contribution in [0.5, 0.6) is 0 Å². The largest absolute Gasteiger partial charge is 0.338 e. The number of carbonyl (C=O) groups is 1. The molecular formula is C14H14FN3O3. The van der Waals surface area contributed by atoms with Crippen LogP contribution in [-0.4, -0.2) is 28.8 Å². The number of nitro benzene ring substituents is 1. The highest BCUT2D eigenvalue weighted by Crippen LogP contribution is 2.30. The van der Waals surface area contributed by atoms with Crippen molar-refractivity contribution in [1.29, 1.82) is 5.26 Å². The van der Waals surface area contributed by atoms with E-state index in [-0.39, 0.29) is 11.3 Å². The zero-order chi connectivity index (χ0) is 15.6. The molecule has 1 saturated heterocycles. The number of piperidine rings is 1. The lowest BCUT2D eigenvalue weighted by Gasteiger charge is -2.34. The first-order chi connectivity index (χ1) is 9.86. The van der Waals surface area contributed by atoms with Crippen molar-refractivity contribution in [1.82, 2.24) is 4.90 Å². The second-order valence-corrected chi connectivity index (χ2v) is 5.39. The van der Waals surface area contributed by atoms with Crippen LogP contribution in [0.15, 0.2) is 18.2 Å². The molecule has 1 aromatic rings. The molecule has 1 heterocycles. The van der Waals surface area contributed by atoms with E-state index in [1.807, 2.05) is 6.92 Å². The van der Waals surface area contributed by atoms with Crippen LogP contribution in [0.25, 0.3) is 0 Å². The maximum atomic E-state index is 13.7. The number of nitriles is 1. The summed E-state index contributed by atoms with van der Waals surface area (Å²) in [7, 11) is 0. The molecule has 0 spiro atoms. The standard InChI is InChI=1S/C14H14FN3O3/c1-14(9-16)4-6-17(7-5-14)13(19)11-8-10(18(20)21)2-3-12(11)15/h2-3,8H,4-7H2,1H3. The van der Waals surface area contributed by atoms with Gasteiger partial charge in [0.1, 0.15) is 5.82 Å². The number of halogens is 1. The zero-order valence-electron chi connectivity index (χ0n) is 11.5. The molecule has 1 aliphatic heterocycles. The van der Waals surface area contributed by atoms with Crippen LogP contribution in [0.2, 0.25) is 0 Å². The van der Waals surface area contributed by atoms with Crippen molar-refractivity contribution >= 4 is 11.6 Å². The summed E-state index contributed by atoms with van der Waals surface area (Å²) in [5.41, 5.74) is -1.10. The van der Waals surface area contributed by atoms with Crippen LogP contribution < -0.4 is 0 Å². The van der Waals surface area contributed by atoms with Crippen LogP contribution in [-0.2, 0) is 0 Å². The van der Waals surface area contributed by atoms with Gasteiger partial charge in [0.05, 0.1) is 22.0 Å². The molecular weight excluding hydrogens is 277 g/mol. The molecule has 2 rings (SSSR count). The summed E-state index contributed by atoms with van der Waals surface area (Å²) in [5.74, 6) is -1.35. The SMILES string of the molecule is CC1(C#N)CCN(C(=O)c2cc([N+](=O)[O-])ccc2F)CC1. The number of hydrogen-bond donors (Lipinski definition) is 0. The minimum atomic E-state index is -0.779. The summed E-state index contributed by atoms with van der Waals surface area (Å²) < 4.78 is 13.7. The van der Waals surface area contributed by atoms with Crippen LogP contribution in [0.3, 0.4) is 0 Å². The molecule has 0 unspecified atom stereocenters. The molecule has 0 saturated carbocycles. The van der Waals surface area contributed by atoms with Crippen molar-refractivity contribution in [3.8, 4) is 6.07 Å². The van der Waals surface area contributed by atoms with Crippen molar-refractivity contribution < 1.29 is 14.1 Å². The predicted molar refractivity (Wildman–Crippen MR) is 71.9 cm³/mol. The Kier molecular flexibility index (Phi) is 3.89. The first-order valence-corrected chi connectivity index (χ1v) is 6.51. The molecule has 1 fully saturated rings. The molecule has 0 atom stereocenters. The molecule has 1 aromatic carbocycles. The molecule has 0 N–H and O–H groups in total. The summed E-state index contributed by atoms with van der Waals surface area (Å²) in [4.78, 5) is 23.7. The average Bonchev–Trinajstić information content (AvgIpc) is 2.47. The van der Waals surface area contributed by atoms with E-state index in [0.717, 1.165) is 18.2 Å². The normalized spacial score (nSPS) is 17.1. The molecule has 6 nitrogen and oxygen atoms in total. The highest BCUT2D eigenvalue weighted by Gasteiger charge is 2.33. The highest BCUT2D eigenvalue weighted by molar-refractivity contribution is 5.95. The minimum absolute atomic E-state index is 0.301. The lowest BCUT2D eigenvalue weighted by molar-refractivity contribution is -0.384. The van der Waals surface area contributed by atoms with Crippen molar-refractivity contribution in [2.75, 3.05) is 13.1 Å². The monoisotopic (exact) mass is 291 g/mol. The van der Waals surface area contributed by atoms with Crippen molar-refractivity contribution in [2.45, 2.75) is 19.8 Å². The first-order valence-electron chi connectivity index (χ1n) is 6.51. The van der Waals surface area contributed by atoms with E-state index < -0.39 is 22.1 Å². The van der Waals surface area contributed by atoms with Crippen molar-refractivity contribution in [3.63, 3.8) is 0 Å². The van der Waals surface area contributed by atoms with Gasteiger partial charge >= 0.3 is 0 Å². The third-order valence-corrected chi connectivity index (χ3v) is 3.82. The lowest BCUT2D eigenvalue weighted by Crippen LogP contribution is -2.42. The van der Waals surface area contributed by atoms with E-state index in [9.17, 15) is 19.3 Å². The van der Waals surface area contributed by atoms with Gasteiger partial charge in [-0.1, -0.05) is 0 Å². The quantitative estimate of drug-likeness (QED) is 0.618. The number of non-ortho nitro benzene ring substituents is 1. The summed E-state index contributed by atoms with van der Waals surface area (Å²) in [6, 6.07) is 5.12. The third kappa shape index (κ3) is 2.99. The van der Waals surface area contributed by atoms with Crippen molar-refractivity contribution in [2.24, 2.45) is 5.41 Å². The second-order valence-electron chi connectivity index (χ2n) is 5.39. The predicted octanol–water partition coefficient (Wildman–Crippen LogP) is 2.50. The Balaban J connectivity index is 2.20. The van der Waals surface area contributed by atoms with E-state index in [1.165, 1.54) is 4.90 Å². The summed E-state index contributed by atoms with van der Waals surface area (Å²) in [6.07, 6.45) is 1.01. The summed E-state index contributed by atoms with van der Waals surface area (Å²) in [5, 5.41) is 19.8. The fourth-order valence-corrected chi connectivity index (χ4v) is 2.28. The van der Waals surface area contributed by atoms with Gasteiger partial charge in [-0.25, -0.2) is 4.39 Å². The minimum Gasteiger partial charge on any atom is -0.338 e. The Morgan fingerprint density at radius 1 is 1.48 bits per heavy atom. The molecule has 7 heteroatoms. The van der Waals surface area contributed by atoms with E-state index in [0.29, 0.717) is 25.9 Å². The fourth-order valence-electron chi connectivity index (χ4n) is 2.28. The maximum absolute atomic E-state index is 13.7. The summed E-state index contributed by atoms with van der Waals surface area (Å²) >= 11 is 0. The number of rotatable bonds is 2. The number of carbonyl (C=O) groups excluding carboxylic acids is 1.